The number of halogens is 1. The van der Waals surface area contributed by atoms with Gasteiger partial charge in [0.15, 0.2) is 0 Å². The molecule has 1 unspecified atom stereocenters. The Balaban J connectivity index is 2.14. The molecule has 1 aromatic rings. The number of hydrogen-bond donors (Lipinski definition) is 3. The highest BCUT2D eigenvalue weighted by Gasteiger charge is 2.29. The number of phenols is 1. The second kappa shape index (κ2) is 6.92. The normalized spacial score (nSPS) is 19.8. The fourth-order valence-electron chi connectivity index (χ4n) is 2.39. The van der Waals surface area contributed by atoms with Gasteiger partial charge in [-0.3, -0.25) is 9.69 Å². The molecule has 1 saturated heterocycles. The number of likely N-dealkylation sites (N-methyl/N-ethyl adjacent to an activating group) is 1. The molecule has 5 nitrogen and oxygen atoms in total. The van der Waals surface area contributed by atoms with Gasteiger partial charge in [-0.15, -0.1) is 0 Å². The van der Waals surface area contributed by atoms with E-state index in [1.807, 2.05) is 11.8 Å². The maximum Gasteiger partial charge on any atom is 0.238 e. The minimum Gasteiger partial charge on any atom is -0.508 e. The van der Waals surface area contributed by atoms with Gasteiger partial charge >= 0.3 is 0 Å². The molecule has 1 aromatic carbocycles. The lowest BCUT2D eigenvalue weighted by molar-refractivity contribution is -0.127. The van der Waals surface area contributed by atoms with Crippen molar-refractivity contribution in [3.8, 4) is 5.75 Å². The van der Waals surface area contributed by atoms with Gasteiger partial charge in [0.1, 0.15) is 11.8 Å². The van der Waals surface area contributed by atoms with Gasteiger partial charge in [-0.1, -0.05) is 17.7 Å². The molecule has 0 aromatic heterocycles. The zero-order chi connectivity index (χ0) is 14.5. The maximum atomic E-state index is 12.1. The molecule has 1 aliphatic heterocycles. The number of nitrogens with one attached hydrogen (secondary N) is 2. The largest absolute Gasteiger partial charge is 0.508 e. The molecule has 0 radical (unpaired) electrons. The van der Waals surface area contributed by atoms with Gasteiger partial charge in [-0.05, 0) is 19.1 Å². The third-order valence-electron chi connectivity index (χ3n) is 3.46. The summed E-state index contributed by atoms with van der Waals surface area (Å²) in [4.78, 5) is 14.1. The zero-order valence-electron chi connectivity index (χ0n) is 11.5. The van der Waals surface area contributed by atoms with Gasteiger partial charge in [0.25, 0.3) is 0 Å². The Kier molecular flexibility index (Phi) is 5.23. The number of phenolic OH excluding ortho intramolecular Hbond substituents is 1. The summed E-state index contributed by atoms with van der Waals surface area (Å²) < 4.78 is 0. The lowest BCUT2D eigenvalue weighted by Crippen LogP contribution is -2.57. The van der Waals surface area contributed by atoms with E-state index < -0.39 is 0 Å². The summed E-state index contributed by atoms with van der Waals surface area (Å²) in [5, 5.41) is 16.5. The molecule has 2 rings (SSSR count). The number of piperazine rings is 1. The van der Waals surface area contributed by atoms with E-state index in [-0.39, 0.29) is 17.7 Å². The summed E-state index contributed by atoms with van der Waals surface area (Å²) in [6, 6.07) is 4.84. The van der Waals surface area contributed by atoms with Crippen LogP contribution in [-0.4, -0.2) is 48.1 Å². The molecule has 1 aliphatic rings. The highest BCUT2D eigenvalue weighted by molar-refractivity contribution is 6.31. The average Bonchev–Trinajstić information content (AvgIpc) is 2.44. The third kappa shape index (κ3) is 3.42. The van der Waals surface area contributed by atoms with Gasteiger partial charge < -0.3 is 15.7 Å². The molecule has 3 N–H and O–H groups in total. The first-order valence-corrected chi connectivity index (χ1v) is 7.20. The highest BCUT2D eigenvalue weighted by atomic mass is 35.5. The molecule has 6 heteroatoms. The van der Waals surface area contributed by atoms with Crippen molar-refractivity contribution >= 4 is 17.5 Å². The first-order chi connectivity index (χ1) is 9.63. The third-order valence-corrected chi connectivity index (χ3v) is 3.82. The molecule has 1 heterocycles. The van der Waals surface area contributed by atoms with Gasteiger partial charge in [-0.25, -0.2) is 0 Å². The number of rotatable bonds is 4. The van der Waals surface area contributed by atoms with Crippen molar-refractivity contribution in [2.45, 2.75) is 19.5 Å². The topological polar surface area (TPSA) is 64.6 Å². The maximum absolute atomic E-state index is 12.1. The number of carbonyl (C=O) groups excluding carboxylic acids is 1. The molecule has 1 atom stereocenters. The Morgan fingerprint density at radius 2 is 2.40 bits per heavy atom. The van der Waals surface area contributed by atoms with Crippen LogP contribution in [0.4, 0.5) is 0 Å². The fourth-order valence-corrected chi connectivity index (χ4v) is 2.62. The van der Waals surface area contributed by atoms with Crippen molar-refractivity contribution in [2.75, 3.05) is 26.2 Å². The SMILES string of the molecule is CCNC(=O)C1CNCCN1Cc1c(O)cccc1Cl. The van der Waals surface area contributed by atoms with E-state index in [0.717, 1.165) is 13.1 Å². The van der Waals surface area contributed by atoms with Crippen molar-refractivity contribution in [1.82, 2.24) is 15.5 Å². The number of amides is 1. The van der Waals surface area contributed by atoms with Crippen LogP contribution in [-0.2, 0) is 11.3 Å². The molecular formula is C14H20ClN3O2. The number of aromatic hydroxyl groups is 1. The Labute approximate surface area is 123 Å². The Bertz CT molecular complexity index is 461. The first kappa shape index (κ1) is 15.1. The fraction of sp³-hybridized carbons (Fsp3) is 0.500. The molecule has 0 saturated carbocycles. The zero-order valence-corrected chi connectivity index (χ0v) is 12.3. The van der Waals surface area contributed by atoms with Crippen molar-refractivity contribution in [1.29, 1.82) is 0 Å². The molecule has 20 heavy (non-hydrogen) atoms. The van der Waals surface area contributed by atoms with Crippen LogP contribution in [0.5, 0.6) is 5.75 Å². The van der Waals surface area contributed by atoms with E-state index in [2.05, 4.69) is 10.6 Å². The molecule has 0 bridgehead atoms. The standard InChI is InChI=1S/C14H20ClN3O2/c1-2-17-14(20)12-8-16-6-7-18(12)9-10-11(15)4-3-5-13(10)19/h3-5,12,16,19H,2,6-9H2,1H3,(H,17,20). The van der Waals surface area contributed by atoms with E-state index in [9.17, 15) is 9.90 Å². The van der Waals surface area contributed by atoms with Gasteiger partial charge in [0.05, 0.1) is 0 Å². The quantitative estimate of drug-likeness (QED) is 0.774. The summed E-state index contributed by atoms with van der Waals surface area (Å²) >= 11 is 6.13. The van der Waals surface area contributed by atoms with E-state index in [0.29, 0.717) is 30.2 Å². The second-order valence-electron chi connectivity index (χ2n) is 4.82. The Hall–Kier alpha value is -1.30. The molecule has 0 spiro atoms. The predicted molar refractivity (Wildman–Crippen MR) is 78.9 cm³/mol. The number of carbonyl (C=O) groups is 1. The van der Waals surface area contributed by atoms with Gasteiger partial charge in [0.2, 0.25) is 5.91 Å². The van der Waals surface area contributed by atoms with E-state index >= 15 is 0 Å². The monoisotopic (exact) mass is 297 g/mol. The van der Waals surface area contributed by atoms with Gasteiger partial charge in [-0.2, -0.15) is 0 Å². The van der Waals surface area contributed by atoms with Crippen LogP contribution in [0.3, 0.4) is 0 Å². The van der Waals surface area contributed by atoms with Crippen LogP contribution in [0.1, 0.15) is 12.5 Å². The van der Waals surface area contributed by atoms with Crippen LogP contribution in [0, 0.1) is 0 Å². The number of hydrogen-bond acceptors (Lipinski definition) is 4. The summed E-state index contributed by atoms with van der Waals surface area (Å²) in [6.45, 7) is 5.15. The van der Waals surface area contributed by atoms with E-state index in [1.54, 1.807) is 18.2 Å². The summed E-state index contributed by atoms with van der Waals surface area (Å²) in [6.07, 6.45) is 0. The summed E-state index contributed by atoms with van der Waals surface area (Å²) in [5.41, 5.74) is 0.672. The average molecular weight is 298 g/mol. The van der Waals surface area contributed by atoms with Crippen LogP contribution in [0.25, 0.3) is 0 Å². The van der Waals surface area contributed by atoms with Crippen LogP contribution in [0.2, 0.25) is 5.02 Å². The van der Waals surface area contributed by atoms with E-state index in [1.165, 1.54) is 0 Å². The molecule has 0 aliphatic carbocycles. The predicted octanol–water partition coefficient (Wildman–Crippen LogP) is 0.956. The van der Waals surface area contributed by atoms with Gasteiger partial charge in [0, 0.05) is 43.3 Å². The molecule has 1 amide bonds. The summed E-state index contributed by atoms with van der Waals surface area (Å²) in [5.74, 6) is 0.178. The van der Waals surface area contributed by atoms with Crippen LogP contribution in [0.15, 0.2) is 18.2 Å². The van der Waals surface area contributed by atoms with Crippen molar-refractivity contribution in [2.24, 2.45) is 0 Å². The number of benzene rings is 1. The minimum atomic E-state index is -0.237. The lowest BCUT2D eigenvalue weighted by Gasteiger charge is -2.35. The van der Waals surface area contributed by atoms with Crippen LogP contribution >= 0.6 is 11.6 Å². The smallest absolute Gasteiger partial charge is 0.238 e. The van der Waals surface area contributed by atoms with Crippen molar-refractivity contribution in [3.05, 3.63) is 28.8 Å². The van der Waals surface area contributed by atoms with Crippen LogP contribution < -0.4 is 10.6 Å². The lowest BCUT2D eigenvalue weighted by atomic mass is 10.1. The van der Waals surface area contributed by atoms with Crippen molar-refractivity contribution < 1.29 is 9.90 Å². The molecule has 110 valence electrons. The molecule has 1 fully saturated rings. The highest BCUT2D eigenvalue weighted by Crippen LogP contribution is 2.27. The Morgan fingerprint density at radius 1 is 1.60 bits per heavy atom. The minimum absolute atomic E-state index is 0.00578. The number of nitrogens with zero attached hydrogens (tertiary/aromatic N) is 1. The second-order valence-corrected chi connectivity index (χ2v) is 5.23. The molecular weight excluding hydrogens is 278 g/mol. The Morgan fingerprint density at radius 3 is 3.10 bits per heavy atom. The first-order valence-electron chi connectivity index (χ1n) is 6.82. The summed E-state index contributed by atoms with van der Waals surface area (Å²) in [7, 11) is 0. The van der Waals surface area contributed by atoms with E-state index in [4.69, 9.17) is 11.6 Å². The van der Waals surface area contributed by atoms with Crippen molar-refractivity contribution in [3.63, 3.8) is 0 Å².